The van der Waals surface area contributed by atoms with Gasteiger partial charge in [0.2, 0.25) is 5.91 Å². The number of piperidine rings is 1. The maximum atomic E-state index is 12.7. The fraction of sp³-hybridized carbons (Fsp3) is 0.364. The molecule has 2 aromatic carbocycles. The van der Waals surface area contributed by atoms with Crippen molar-refractivity contribution in [2.24, 2.45) is 0 Å². The summed E-state index contributed by atoms with van der Waals surface area (Å²) in [4.78, 5) is 27.6. The number of carbonyl (C=O) groups excluding carboxylic acids is 1. The summed E-state index contributed by atoms with van der Waals surface area (Å²) in [6.07, 6.45) is 3.77. The Labute approximate surface area is 164 Å². The van der Waals surface area contributed by atoms with Crippen LogP contribution in [0.1, 0.15) is 26.2 Å². The van der Waals surface area contributed by atoms with Gasteiger partial charge in [-0.1, -0.05) is 12.1 Å². The van der Waals surface area contributed by atoms with Crippen LogP contribution < -0.4 is 15.9 Å². The number of aryl methyl sites for hydroxylation is 1. The second-order valence-electron chi connectivity index (χ2n) is 7.24. The van der Waals surface area contributed by atoms with Gasteiger partial charge in [-0.2, -0.15) is 0 Å². The average molecular weight is 378 g/mol. The molecule has 1 fully saturated rings. The molecule has 3 aromatic rings. The molecule has 1 aliphatic rings. The molecule has 0 atom stereocenters. The molecule has 6 nitrogen and oxygen atoms in total. The highest BCUT2D eigenvalue weighted by atomic mass is 16.2. The lowest BCUT2D eigenvalue weighted by Gasteiger charge is -2.28. The topological polar surface area (TPSA) is 59.3 Å². The second kappa shape index (κ2) is 7.92. The smallest absolute Gasteiger partial charge is 0.329 e. The number of para-hydroxylation sites is 2. The van der Waals surface area contributed by atoms with E-state index in [-0.39, 0.29) is 18.1 Å². The minimum absolute atomic E-state index is 0.000221. The standard InChI is InChI=1S/C22H26N4O2/c1-2-25-19-8-4-5-9-20(19)26(22(25)28)16-21(27)23-17-10-12-18(13-11-17)24-14-6-3-7-15-24/h4-5,8-13H,2-3,6-7,14-16H2,1H3,(H,23,27). The van der Waals surface area contributed by atoms with Gasteiger partial charge in [0.1, 0.15) is 6.54 Å². The van der Waals surface area contributed by atoms with Crippen LogP contribution in [-0.4, -0.2) is 28.1 Å². The molecule has 0 aliphatic carbocycles. The number of nitrogens with one attached hydrogen (secondary N) is 1. The zero-order valence-electron chi connectivity index (χ0n) is 16.2. The van der Waals surface area contributed by atoms with Crippen molar-refractivity contribution >= 4 is 28.3 Å². The van der Waals surface area contributed by atoms with Crippen LogP contribution in [0.3, 0.4) is 0 Å². The Kier molecular flexibility index (Phi) is 5.19. The zero-order chi connectivity index (χ0) is 19.5. The number of hydrogen-bond donors (Lipinski definition) is 1. The summed E-state index contributed by atoms with van der Waals surface area (Å²) in [7, 11) is 0. The van der Waals surface area contributed by atoms with E-state index in [2.05, 4.69) is 22.3 Å². The van der Waals surface area contributed by atoms with Crippen molar-refractivity contribution in [2.45, 2.75) is 39.3 Å². The highest BCUT2D eigenvalue weighted by Gasteiger charge is 2.15. The summed E-state index contributed by atoms with van der Waals surface area (Å²) >= 11 is 0. The van der Waals surface area contributed by atoms with E-state index < -0.39 is 0 Å². The van der Waals surface area contributed by atoms with Crippen LogP contribution in [0.5, 0.6) is 0 Å². The summed E-state index contributed by atoms with van der Waals surface area (Å²) < 4.78 is 3.23. The van der Waals surface area contributed by atoms with Crippen molar-refractivity contribution in [3.8, 4) is 0 Å². The van der Waals surface area contributed by atoms with Crippen LogP contribution in [0.2, 0.25) is 0 Å². The van der Waals surface area contributed by atoms with Crippen molar-refractivity contribution in [3.05, 3.63) is 59.0 Å². The number of amides is 1. The van der Waals surface area contributed by atoms with E-state index in [4.69, 9.17) is 0 Å². The molecule has 4 rings (SSSR count). The first-order valence-electron chi connectivity index (χ1n) is 10.0. The first-order chi connectivity index (χ1) is 13.7. The van der Waals surface area contributed by atoms with Crippen LogP contribution in [0.15, 0.2) is 53.3 Å². The van der Waals surface area contributed by atoms with Gasteiger partial charge in [0.05, 0.1) is 11.0 Å². The molecule has 0 spiro atoms. The molecule has 6 heteroatoms. The molecular weight excluding hydrogens is 352 g/mol. The predicted octanol–water partition coefficient (Wildman–Crippen LogP) is 3.45. The van der Waals surface area contributed by atoms with Crippen molar-refractivity contribution in [1.29, 1.82) is 0 Å². The van der Waals surface area contributed by atoms with Gasteiger partial charge in [-0.15, -0.1) is 0 Å². The van der Waals surface area contributed by atoms with Gasteiger partial charge in [-0.3, -0.25) is 13.9 Å². The summed E-state index contributed by atoms with van der Waals surface area (Å²) in [5.74, 6) is -0.202. The largest absolute Gasteiger partial charge is 0.372 e. The number of rotatable bonds is 5. The SMILES string of the molecule is CCn1c(=O)n(CC(=O)Nc2ccc(N3CCCCC3)cc2)c2ccccc21. The number of fused-ring (bicyclic) bond motifs is 1. The first-order valence-corrected chi connectivity index (χ1v) is 10.0. The van der Waals surface area contributed by atoms with Gasteiger partial charge in [0.25, 0.3) is 0 Å². The van der Waals surface area contributed by atoms with E-state index in [9.17, 15) is 9.59 Å². The maximum absolute atomic E-state index is 12.7. The molecule has 2 heterocycles. The highest BCUT2D eigenvalue weighted by Crippen LogP contribution is 2.22. The second-order valence-corrected chi connectivity index (χ2v) is 7.24. The molecule has 0 radical (unpaired) electrons. The van der Waals surface area contributed by atoms with Crippen LogP contribution in [-0.2, 0) is 17.9 Å². The van der Waals surface area contributed by atoms with Crippen molar-refractivity contribution in [1.82, 2.24) is 9.13 Å². The molecule has 0 saturated carbocycles. The van der Waals surface area contributed by atoms with Crippen LogP contribution in [0.25, 0.3) is 11.0 Å². The lowest BCUT2D eigenvalue weighted by atomic mass is 10.1. The van der Waals surface area contributed by atoms with Crippen LogP contribution in [0, 0.1) is 0 Å². The maximum Gasteiger partial charge on any atom is 0.329 e. The number of benzene rings is 2. The number of hydrogen-bond acceptors (Lipinski definition) is 3. The molecule has 1 saturated heterocycles. The third kappa shape index (κ3) is 3.54. The van der Waals surface area contributed by atoms with E-state index in [1.165, 1.54) is 29.5 Å². The summed E-state index contributed by atoms with van der Waals surface area (Å²) in [6, 6.07) is 15.5. The molecule has 1 aromatic heterocycles. The number of carbonyl (C=O) groups is 1. The molecule has 1 amide bonds. The molecular formula is C22H26N4O2. The Morgan fingerprint density at radius 3 is 2.21 bits per heavy atom. The van der Waals surface area contributed by atoms with Gasteiger partial charge >= 0.3 is 5.69 Å². The molecule has 1 aliphatic heterocycles. The van der Waals surface area contributed by atoms with Gasteiger partial charge < -0.3 is 10.2 Å². The molecule has 0 unspecified atom stereocenters. The van der Waals surface area contributed by atoms with E-state index in [1.54, 1.807) is 4.57 Å². The van der Waals surface area contributed by atoms with Crippen molar-refractivity contribution < 1.29 is 4.79 Å². The normalized spacial score (nSPS) is 14.4. The molecule has 0 bridgehead atoms. The Morgan fingerprint density at radius 1 is 0.929 bits per heavy atom. The lowest BCUT2D eigenvalue weighted by Crippen LogP contribution is -2.29. The van der Waals surface area contributed by atoms with E-state index >= 15 is 0 Å². The third-order valence-corrected chi connectivity index (χ3v) is 5.42. The van der Waals surface area contributed by atoms with Gasteiger partial charge in [0.15, 0.2) is 0 Å². The monoisotopic (exact) mass is 378 g/mol. The highest BCUT2D eigenvalue weighted by molar-refractivity contribution is 5.91. The minimum Gasteiger partial charge on any atom is -0.372 e. The Bertz CT molecular complexity index is 1030. The lowest BCUT2D eigenvalue weighted by molar-refractivity contribution is -0.116. The average Bonchev–Trinajstić information content (AvgIpc) is 3.00. The number of anilines is 2. The number of imidazole rings is 1. The number of aromatic nitrogens is 2. The Morgan fingerprint density at radius 2 is 1.57 bits per heavy atom. The van der Waals surface area contributed by atoms with E-state index in [1.807, 2.05) is 43.3 Å². The van der Waals surface area contributed by atoms with Gasteiger partial charge in [-0.05, 0) is 62.6 Å². The van der Waals surface area contributed by atoms with Crippen LogP contribution >= 0.6 is 0 Å². The van der Waals surface area contributed by atoms with Gasteiger partial charge in [-0.25, -0.2) is 4.79 Å². The summed E-state index contributed by atoms with van der Waals surface area (Å²) in [5.41, 5.74) is 3.43. The zero-order valence-corrected chi connectivity index (χ0v) is 16.2. The third-order valence-electron chi connectivity index (χ3n) is 5.42. The fourth-order valence-corrected chi connectivity index (χ4v) is 3.98. The summed E-state index contributed by atoms with van der Waals surface area (Å²) in [5, 5.41) is 2.91. The van der Waals surface area contributed by atoms with Crippen LogP contribution in [0.4, 0.5) is 11.4 Å². The predicted molar refractivity (Wildman–Crippen MR) is 113 cm³/mol. The van der Waals surface area contributed by atoms with Gasteiger partial charge in [0, 0.05) is 31.0 Å². The Balaban J connectivity index is 1.48. The van der Waals surface area contributed by atoms with Crippen molar-refractivity contribution in [3.63, 3.8) is 0 Å². The quantitative estimate of drug-likeness (QED) is 0.740. The van der Waals surface area contributed by atoms with Crippen molar-refractivity contribution in [2.75, 3.05) is 23.3 Å². The Hall–Kier alpha value is -3.02. The summed E-state index contributed by atoms with van der Waals surface area (Å²) in [6.45, 7) is 4.69. The fourth-order valence-electron chi connectivity index (χ4n) is 3.98. The first kappa shape index (κ1) is 18.3. The number of nitrogens with zero attached hydrogens (tertiary/aromatic N) is 3. The van der Waals surface area contributed by atoms with E-state index in [0.29, 0.717) is 6.54 Å². The molecule has 146 valence electrons. The van der Waals surface area contributed by atoms with E-state index in [0.717, 1.165) is 29.8 Å². The minimum atomic E-state index is -0.202. The molecule has 1 N–H and O–H groups in total. The molecule has 28 heavy (non-hydrogen) atoms.